The van der Waals surface area contributed by atoms with Crippen LogP contribution in [0.5, 0.6) is 0 Å². The average molecular weight is 297 g/mol. The maximum Gasteiger partial charge on any atom is 0.416 e. The summed E-state index contributed by atoms with van der Waals surface area (Å²) in [6.45, 7) is 2.76. The monoisotopic (exact) mass is 297 g/mol. The van der Waals surface area contributed by atoms with Crippen molar-refractivity contribution in [2.45, 2.75) is 12.6 Å². The van der Waals surface area contributed by atoms with E-state index in [2.05, 4.69) is 11.9 Å². The summed E-state index contributed by atoms with van der Waals surface area (Å²) in [6.07, 6.45) is -3.35. The Bertz CT molecular complexity index is 548. The molecule has 1 unspecified atom stereocenters. The van der Waals surface area contributed by atoms with Gasteiger partial charge in [0, 0.05) is 20.1 Å². The average Bonchev–Trinajstić information content (AvgIpc) is 2.82. The predicted molar refractivity (Wildman–Crippen MR) is 75.0 cm³/mol. The lowest BCUT2D eigenvalue weighted by Gasteiger charge is -2.24. The molecule has 0 saturated carbocycles. The summed E-state index contributed by atoms with van der Waals surface area (Å²) in [5.74, 6) is 0.480. The molecule has 1 aliphatic heterocycles. The largest absolute Gasteiger partial charge is 0.416 e. The Morgan fingerprint density at radius 3 is 2.67 bits per heavy atom. The van der Waals surface area contributed by atoms with Gasteiger partial charge in [-0.15, -0.1) is 0 Å². The lowest BCUT2D eigenvalue weighted by atomic mass is 10.1. The van der Waals surface area contributed by atoms with Crippen LogP contribution >= 0.6 is 0 Å². The van der Waals surface area contributed by atoms with Crippen molar-refractivity contribution >= 4 is 5.69 Å². The SMILES string of the molecule is CN1CCC(CN(C)c2ccc(C(F)(F)F)cc2C#N)C1. The standard InChI is InChI=1S/C15H18F3N3/c1-20-6-5-11(9-20)10-21(2)14-4-3-13(15(16,17)18)7-12(14)8-19/h3-4,7,11H,5-6,9-10H2,1-2H3. The summed E-state index contributed by atoms with van der Waals surface area (Å²) in [6, 6.07) is 5.22. The molecule has 0 radical (unpaired) electrons. The van der Waals surface area contributed by atoms with Crippen LogP contribution in [0, 0.1) is 17.2 Å². The maximum absolute atomic E-state index is 12.7. The Hall–Kier alpha value is -1.74. The van der Waals surface area contributed by atoms with Crippen molar-refractivity contribution in [3.63, 3.8) is 0 Å². The first kappa shape index (κ1) is 15.6. The number of rotatable bonds is 3. The third-order valence-corrected chi connectivity index (χ3v) is 3.88. The molecule has 3 nitrogen and oxygen atoms in total. The molecule has 0 aliphatic carbocycles. The normalized spacial score (nSPS) is 19.5. The third kappa shape index (κ3) is 3.67. The second-order valence-corrected chi connectivity index (χ2v) is 5.64. The van der Waals surface area contributed by atoms with Gasteiger partial charge < -0.3 is 9.80 Å². The number of nitrogens with zero attached hydrogens (tertiary/aromatic N) is 3. The minimum Gasteiger partial charge on any atom is -0.373 e. The molecule has 6 heteroatoms. The Morgan fingerprint density at radius 2 is 2.14 bits per heavy atom. The molecule has 0 spiro atoms. The Labute approximate surface area is 122 Å². The summed E-state index contributed by atoms with van der Waals surface area (Å²) < 4.78 is 38.0. The van der Waals surface area contributed by atoms with E-state index in [4.69, 9.17) is 5.26 Å². The van der Waals surface area contributed by atoms with Gasteiger partial charge in [0.05, 0.1) is 16.8 Å². The number of anilines is 1. The first-order valence-electron chi connectivity index (χ1n) is 6.82. The summed E-state index contributed by atoms with van der Waals surface area (Å²) in [5, 5.41) is 9.11. The molecular weight excluding hydrogens is 279 g/mol. The second-order valence-electron chi connectivity index (χ2n) is 5.64. The molecule has 1 aliphatic rings. The van der Waals surface area contributed by atoms with Crippen LogP contribution in [0.15, 0.2) is 18.2 Å². The smallest absolute Gasteiger partial charge is 0.373 e. The molecule has 1 atom stereocenters. The van der Waals surface area contributed by atoms with Gasteiger partial charge in [-0.2, -0.15) is 18.4 Å². The van der Waals surface area contributed by atoms with E-state index in [1.807, 2.05) is 18.0 Å². The van der Waals surface area contributed by atoms with Crippen molar-refractivity contribution < 1.29 is 13.2 Å². The van der Waals surface area contributed by atoms with E-state index in [1.165, 1.54) is 6.07 Å². The van der Waals surface area contributed by atoms with Crippen molar-refractivity contribution in [3.8, 4) is 6.07 Å². The fourth-order valence-electron chi connectivity index (χ4n) is 2.80. The molecular formula is C15H18F3N3. The number of likely N-dealkylation sites (tertiary alicyclic amines) is 1. The van der Waals surface area contributed by atoms with Crippen molar-refractivity contribution in [1.29, 1.82) is 5.26 Å². The first-order chi connectivity index (χ1) is 9.81. The number of hydrogen-bond acceptors (Lipinski definition) is 3. The van der Waals surface area contributed by atoms with Crippen molar-refractivity contribution in [1.82, 2.24) is 4.90 Å². The Morgan fingerprint density at radius 1 is 1.43 bits per heavy atom. The van der Waals surface area contributed by atoms with Gasteiger partial charge in [0.1, 0.15) is 6.07 Å². The van der Waals surface area contributed by atoms with Gasteiger partial charge in [-0.05, 0) is 44.1 Å². The van der Waals surface area contributed by atoms with E-state index in [0.29, 0.717) is 11.6 Å². The highest BCUT2D eigenvalue weighted by Gasteiger charge is 2.31. The number of nitriles is 1. The van der Waals surface area contributed by atoms with E-state index in [-0.39, 0.29) is 5.56 Å². The molecule has 1 aromatic rings. The first-order valence-corrected chi connectivity index (χ1v) is 6.82. The maximum atomic E-state index is 12.7. The molecule has 0 N–H and O–H groups in total. The van der Waals surface area contributed by atoms with Crippen LogP contribution in [-0.4, -0.2) is 38.6 Å². The van der Waals surface area contributed by atoms with Gasteiger partial charge in [0.25, 0.3) is 0 Å². The zero-order valence-corrected chi connectivity index (χ0v) is 12.1. The molecule has 1 fully saturated rings. The number of halogens is 3. The molecule has 1 heterocycles. The van der Waals surface area contributed by atoms with Crippen LogP contribution in [0.4, 0.5) is 18.9 Å². The summed E-state index contributed by atoms with van der Waals surface area (Å²) in [4.78, 5) is 4.11. The minimum atomic E-state index is -4.42. The van der Waals surface area contributed by atoms with E-state index < -0.39 is 11.7 Å². The van der Waals surface area contributed by atoms with Crippen LogP contribution in [0.25, 0.3) is 0 Å². The second kappa shape index (κ2) is 5.94. The van der Waals surface area contributed by atoms with Gasteiger partial charge in [-0.1, -0.05) is 0 Å². The predicted octanol–water partition coefficient (Wildman–Crippen LogP) is 2.96. The highest BCUT2D eigenvalue weighted by Crippen LogP contribution is 2.32. The van der Waals surface area contributed by atoms with Crippen LogP contribution in [-0.2, 0) is 6.18 Å². The number of benzene rings is 1. The van der Waals surface area contributed by atoms with E-state index in [9.17, 15) is 13.2 Å². The van der Waals surface area contributed by atoms with Gasteiger partial charge in [0.15, 0.2) is 0 Å². The number of hydrogen-bond donors (Lipinski definition) is 0. The summed E-state index contributed by atoms with van der Waals surface area (Å²) in [7, 11) is 3.88. The van der Waals surface area contributed by atoms with Gasteiger partial charge in [-0.25, -0.2) is 0 Å². The number of alkyl halides is 3. The Balaban J connectivity index is 2.17. The van der Waals surface area contributed by atoms with Crippen LogP contribution in [0.2, 0.25) is 0 Å². The van der Waals surface area contributed by atoms with E-state index >= 15 is 0 Å². The van der Waals surface area contributed by atoms with Crippen LogP contribution in [0.1, 0.15) is 17.5 Å². The lowest BCUT2D eigenvalue weighted by Crippen LogP contribution is -2.27. The quantitative estimate of drug-likeness (QED) is 0.859. The van der Waals surface area contributed by atoms with Crippen LogP contribution in [0.3, 0.4) is 0 Å². The zero-order chi connectivity index (χ0) is 15.6. The topological polar surface area (TPSA) is 30.3 Å². The molecule has 0 amide bonds. The van der Waals surface area contributed by atoms with Gasteiger partial charge in [-0.3, -0.25) is 0 Å². The highest BCUT2D eigenvalue weighted by atomic mass is 19.4. The molecule has 2 rings (SSSR count). The van der Waals surface area contributed by atoms with Gasteiger partial charge >= 0.3 is 6.18 Å². The Kier molecular flexibility index (Phi) is 4.43. The van der Waals surface area contributed by atoms with E-state index in [1.54, 1.807) is 0 Å². The molecule has 0 bridgehead atoms. The summed E-state index contributed by atoms with van der Waals surface area (Å²) in [5.41, 5.74) is -0.157. The van der Waals surface area contributed by atoms with E-state index in [0.717, 1.165) is 38.2 Å². The lowest BCUT2D eigenvalue weighted by molar-refractivity contribution is -0.137. The zero-order valence-electron chi connectivity index (χ0n) is 12.1. The van der Waals surface area contributed by atoms with Crippen molar-refractivity contribution in [2.24, 2.45) is 5.92 Å². The fourth-order valence-corrected chi connectivity index (χ4v) is 2.80. The molecule has 21 heavy (non-hydrogen) atoms. The third-order valence-electron chi connectivity index (χ3n) is 3.88. The molecule has 1 aromatic carbocycles. The molecule has 1 saturated heterocycles. The fraction of sp³-hybridized carbons (Fsp3) is 0.533. The highest BCUT2D eigenvalue weighted by molar-refractivity contribution is 5.60. The minimum absolute atomic E-state index is 0.0682. The van der Waals surface area contributed by atoms with Crippen LogP contribution < -0.4 is 4.90 Å². The molecule has 0 aromatic heterocycles. The molecule has 114 valence electrons. The van der Waals surface area contributed by atoms with Gasteiger partial charge in [0.2, 0.25) is 0 Å². The summed E-state index contributed by atoms with van der Waals surface area (Å²) >= 11 is 0. The van der Waals surface area contributed by atoms with Crippen molar-refractivity contribution in [3.05, 3.63) is 29.3 Å². The van der Waals surface area contributed by atoms with Crippen molar-refractivity contribution in [2.75, 3.05) is 38.6 Å².